The van der Waals surface area contributed by atoms with Gasteiger partial charge in [0, 0.05) is 56.7 Å². The molecule has 2 N–H and O–H groups in total. The number of ketones is 1. The van der Waals surface area contributed by atoms with Gasteiger partial charge in [0.05, 0.1) is 24.2 Å². The highest BCUT2D eigenvalue weighted by Crippen LogP contribution is 2.30. The Bertz CT molecular complexity index is 931. The summed E-state index contributed by atoms with van der Waals surface area (Å²) >= 11 is 6.34. The minimum Gasteiger partial charge on any atom is -0.381 e. The lowest BCUT2D eigenvalue weighted by molar-refractivity contribution is -0.123. The van der Waals surface area contributed by atoms with E-state index in [0.717, 1.165) is 39.1 Å². The van der Waals surface area contributed by atoms with Gasteiger partial charge in [0.2, 0.25) is 0 Å². The molecule has 0 aliphatic carbocycles. The Kier molecular flexibility index (Phi) is 8.02. The third-order valence-corrected chi connectivity index (χ3v) is 6.17. The molecule has 4 heterocycles. The normalized spacial score (nSPS) is 20.0. The van der Waals surface area contributed by atoms with Crippen molar-refractivity contribution >= 4 is 23.2 Å². The minimum atomic E-state index is -0.478. The molecule has 0 radical (unpaired) electrons. The summed E-state index contributed by atoms with van der Waals surface area (Å²) in [4.78, 5) is 21.5. The Morgan fingerprint density at radius 1 is 1.25 bits per heavy atom. The summed E-state index contributed by atoms with van der Waals surface area (Å²) in [6.07, 6.45) is 3.57. The standard InChI is InChI=1S/C23H28ClFN4O3/c24-19-13-27-17(10-21(30)16-12-26-5-8-32-14-16)9-18(19)23-20(25)1-2-22(29-23)28-11-15-3-6-31-7-4-15/h1-2,9,13,15-16,26H,3-8,10-12,14H2,(H,28,29). The highest BCUT2D eigenvalue weighted by Gasteiger charge is 2.22. The van der Waals surface area contributed by atoms with E-state index in [1.54, 1.807) is 12.1 Å². The Morgan fingerprint density at radius 3 is 2.94 bits per heavy atom. The quantitative estimate of drug-likeness (QED) is 0.653. The summed E-state index contributed by atoms with van der Waals surface area (Å²) in [5.41, 5.74) is 1.09. The van der Waals surface area contributed by atoms with Crippen LogP contribution < -0.4 is 10.6 Å². The van der Waals surface area contributed by atoms with Crippen molar-refractivity contribution in [3.05, 3.63) is 40.9 Å². The first-order chi connectivity index (χ1) is 15.6. The highest BCUT2D eigenvalue weighted by atomic mass is 35.5. The van der Waals surface area contributed by atoms with Crippen molar-refractivity contribution < 1.29 is 18.7 Å². The van der Waals surface area contributed by atoms with Gasteiger partial charge < -0.3 is 20.1 Å². The summed E-state index contributed by atoms with van der Waals surface area (Å²) < 4.78 is 25.6. The molecule has 0 aromatic carbocycles. The number of rotatable bonds is 7. The van der Waals surface area contributed by atoms with E-state index in [4.69, 9.17) is 21.1 Å². The second kappa shape index (κ2) is 11.1. The third-order valence-electron chi connectivity index (χ3n) is 5.87. The summed E-state index contributed by atoms with van der Waals surface area (Å²) in [6.45, 7) is 4.59. The maximum absolute atomic E-state index is 14.7. The van der Waals surface area contributed by atoms with Crippen molar-refractivity contribution in [2.24, 2.45) is 11.8 Å². The number of ether oxygens (including phenoxy) is 2. The molecule has 2 aliphatic rings. The first-order valence-corrected chi connectivity index (χ1v) is 11.4. The number of Topliss-reactive ketones (excluding diaryl/α,β-unsaturated/α-hetero) is 1. The van der Waals surface area contributed by atoms with Crippen LogP contribution in [0.25, 0.3) is 11.3 Å². The SMILES string of the molecule is O=C(Cc1cc(-c2nc(NCC3CCOCC3)ccc2F)c(Cl)cn1)C1CNCCOC1. The molecular weight excluding hydrogens is 435 g/mol. The lowest BCUT2D eigenvalue weighted by atomic mass is 9.99. The number of carbonyl (C=O) groups is 1. The van der Waals surface area contributed by atoms with Gasteiger partial charge >= 0.3 is 0 Å². The van der Waals surface area contributed by atoms with Crippen molar-refractivity contribution in [1.29, 1.82) is 0 Å². The molecule has 0 spiro atoms. The predicted octanol–water partition coefficient (Wildman–Crippen LogP) is 3.12. The molecule has 32 heavy (non-hydrogen) atoms. The molecule has 0 amide bonds. The second-order valence-electron chi connectivity index (χ2n) is 8.24. The van der Waals surface area contributed by atoms with Crippen LogP contribution in [-0.2, 0) is 20.7 Å². The van der Waals surface area contributed by atoms with Crippen molar-refractivity contribution in [3.8, 4) is 11.3 Å². The topological polar surface area (TPSA) is 85.4 Å². The first kappa shape index (κ1) is 23.0. The summed E-state index contributed by atoms with van der Waals surface area (Å²) in [7, 11) is 0. The molecule has 172 valence electrons. The van der Waals surface area contributed by atoms with Gasteiger partial charge in [0.1, 0.15) is 23.1 Å². The molecule has 2 saturated heterocycles. The number of aromatic nitrogens is 2. The summed E-state index contributed by atoms with van der Waals surface area (Å²) in [5, 5.41) is 6.78. The van der Waals surface area contributed by atoms with Crippen molar-refractivity contribution in [2.75, 3.05) is 51.4 Å². The molecule has 0 bridgehead atoms. The van der Waals surface area contributed by atoms with Gasteiger partial charge in [-0.15, -0.1) is 0 Å². The summed E-state index contributed by atoms with van der Waals surface area (Å²) in [5.74, 6) is 0.406. The zero-order chi connectivity index (χ0) is 22.3. The monoisotopic (exact) mass is 462 g/mol. The second-order valence-corrected chi connectivity index (χ2v) is 8.65. The van der Waals surface area contributed by atoms with E-state index in [-0.39, 0.29) is 28.8 Å². The molecule has 0 saturated carbocycles. The Balaban J connectivity index is 1.49. The van der Waals surface area contributed by atoms with Crippen LogP contribution in [0.4, 0.5) is 10.2 Å². The number of anilines is 1. The van der Waals surface area contributed by atoms with E-state index in [1.807, 2.05) is 0 Å². The summed E-state index contributed by atoms with van der Waals surface area (Å²) in [6, 6.07) is 4.65. The minimum absolute atomic E-state index is 0.0282. The fraction of sp³-hybridized carbons (Fsp3) is 0.522. The largest absolute Gasteiger partial charge is 0.381 e. The lowest BCUT2D eigenvalue weighted by Crippen LogP contribution is -2.30. The van der Waals surface area contributed by atoms with E-state index in [9.17, 15) is 9.18 Å². The van der Waals surface area contributed by atoms with Gasteiger partial charge in [0.25, 0.3) is 0 Å². The number of carbonyl (C=O) groups excluding carboxylic acids is 1. The molecular formula is C23H28ClFN4O3. The zero-order valence-electron chi connectivity index (χ0n) is 17.9. The van der Waals surface area contributed by atoms with Crippen LogP contribution in [-0.4, -0.2) is 61.8 Å². The number of nitrogens with zero attached hydrogens (tertiary/aromatic N) is 2. The van der Waals surface area contributed by atoms with Crippen molar-refractivity contribution in [3.63, 3.8) is 0 Å². The van der Waals surface area contributed by atoms with E-state index < -0.39 is 5.82 Å². The van der Waals surface area contributed by atoms with Crippen molar-refractivity contribution in [2.45, 2.75) is 19.3 Å². The molecule has 2 aromatic heterocycles. The fourth-order valence-corrected chi connectivity index (χ4v) is 4.12. The Hall–Kier alpha value is -2.13. The predicted molar refractivity (Wildman–Crippen MR) is 120 cm³/mol. The lowest BCUT2D eigenvalue weighted by Gasteiger charge is -2.22. The molecule has 2 fully saturated rings. The van der Waals surface area contributed by atoms with Gasteiger partial charge in [-0.25, -0.2) is 9.37 Å². The molecule has 4 rings (SSSR count). The number of halogens is 2. The van der Waals surface area contributed by atoms with Gasteiger partial charge in [0.15, 0.2) is 0 Å². The van der Waals surface area contributed by atoms with Crippen LogP contribution >= 0.6 is 11.6 Å². The number of hydrogen-bond acceptors (Lipinski definition) is 7. The average Bonchev–Trinajstić information content (AvgIpc) is 3.10. The number of pyridine rings is 2. The first-order valence-electron chi connectivity index (χ1n) is 11.0. The van der Waals surface area contributed by atoms with Gasteiger partial charge in [-0.2, -0.15) is 0 Å². The number of hydrogen-bond donors (Lipinski definition) is 2. The molecule has 1 unspecified atom stereocenters. The smallest absolute Gasteiger partial charge is 0.149 e. The Morgan fingerprint density at radius 2 is 2.09 bits per heavy atom. The molecule has 7 nitrogen and oxygen atoms in total. The molecule has 2 aliphatic heterocycles. The van der Waals surface area contributed by atoms with E-state index in [1.165, 1.54) is 12.3 Å². The van der Waals surface area contributed by atoms with E-state index >= 15 is 0 Å². The van der Waals surface area contributed by atoms with Crippen LogP contribution in [0.5, 0.6) is 0 Å². The average molecular weight is 463 g/mol. The third kappa shape index (κ3) is 6.01. The van der Waals surface area contributed by atoms with E-state index in [0.29, 0.717) is 42.8 Å². The van der Waals surface area contributed by atoms with Gasteiger partial charge in [-0.3, -0.25) is 9.78 Å². The maximum Gasteiger partial charge on any atom is 0.149 e. The van der Waals surface area contributed by atoms with Crippen LogP contribution in [0, 0.1) is 17.7 Å². The Labute approximate surface area is 192 Å². The van der Waals surface area contributed by atoms with Crippen molar-refractivity contribution in [1.82, 2.24) is 15.3 Å². The number of nitrogens with one attached hydrogen (secondary N) is 2. The maximum atomic E-state index is 14.7. The van der Waals surface area contributed by atoms with Crippen LogP contribution in [0.2, 0.25) is 5.02 Å². The van der Waals surface area contributed by atoms with Crippen LogP contribution in [0.1, 0.15) is 18.5 Å². The highest BCUT2D eigenvalue weighted by molar-refractivity contribution is 6.33. The molecule has 9 heteroatoms. The van der Waals surface area contributed by atoms with Gasteiger partial charge in [-0.05, 0) is 37.0 Å². The fourth-order valence-electron chi connectivity index (χ4n) is 3.92. The van der Waals surface area contributed by atoms with E-state index in [2.05, 4.69) is 20.6 Å². The van der Waals surface area contributed by atoms with Crippen LogP contribution in [0.3, 0.4) is 0 Å². The molecule has 2 aromatic rings. The zero-order valence-corrected chi connectivity index (χ0v) is 18.7. The van der Waals surface area contributed by atoms with Crippen LogP contribution in [0.15, 0.2) is 24.4 Å². The van der Waals surface area contributed by atoms with Gasteiger partial charge in [-0.1, -0.05) is 11.6 Å². The molecule has 1 atom stereocenters.